The molecule has 4 nitrogen and oxygen atoms in total. The van der Waals surface area contributed by atoms with E-state index in [2.05, 4.69) is 19.9 Å². The molecular formula is C23H27NO3. The average Bonchev–Trinajstić information content (AvgIpc) is 3.01. The smallest absolute Gasteiger partial charge is 0.253 e. The molecule has 4 heteroatoms. The number of piperidine rings is 1. The number of amides is 1. The lowest BCUT2D eigenvalue weighted by Crippen LogP contribution is -2.35. The van der Waals surface area contributed by atoms with Gasteiger partial charge in [0, 0.05) is 30.6 Å². The molecule has 0 aliphatic carbocycles. The van der Waals surface area contributed by atoms with Crippen LogP contribution in [0.4, 0.5) is 0 Å². The molecule has 4 rings (SSSR count). The van der Waals surface area contributed by atoms with Crippen molar-refractivity contribution in [1.29, 1.82) is 0 Å². The second kappa shape index (κ2) is 7.26. The van der Waals surface area contributed by atoms with Crippen molar-refractivity contribution >= 4 is 5.91 Å². The zero-order valence-corrected chi connectivity index (χ0v) is 16.2. The average molecular weight is 365 g/mol. The fourth-order valence-corrected chi connectivity index (χ4v) is 3.89. The molecular weight excluding hydrogens is 338 g/mol. The minimum atomic E-state index is -0.182. The first-order valence-electron chi connectivity index (χ1n) is 9.84. The van der Waals surface area contributed by atoms with Gasteiger partial charge in [-0.15, -0.1) is 0 Å². The number of hydrogen-bond donors (Lipinski definition) is 0. The van der Waals surface area contributed by atoms with Crippen molar-refractivity contribution in [1.82, 2.24) is 4.90 Å². The lowest BCUT2D eigenvalue weighted by molar-refractivity contribution is 0.0724. The van der Waals surface area contributed by atoms with E-state index in [1.165, 1.54) is 12.0 Å². The first kappa shape index (κ1) is 17.9. The third kappa shape index (κ3) is 3.95. The summed E-state index contributed by atoms with van der Waals surface area (Å²) in [5.74, 6) is 1.78. The summed E-state index contributed by atoms with van der Waals surface area (Å²) in [6.45, 7) is 6.39. The van der Waals surface area contributed by atoms with Crippen LogP contribution in [0.2, 0.25) is 0 Å². The number of carbonyl (C=O) groups is 1. The summed E-state index contributed by atoms with van der Waals surface area (Å²) in [6.07, 6.45) is 4.34. The van der Waals surface area contributed by atoms with Gasteiger partial charge in [-0.3, -0.25) is 4.79 Å². The lowest BCUT2D eigenvalue weighted by atomic mass is 10.0. The van der Waals surface area contributed by atoms with Gasteiger partial charge in [0.25, 0.3) is 5.91 Å². The van der Waals surface area contributed by atoms with E-state index in [0.29, 0.717) is 6.61 Å². The topological polar surface area (TPSA) is 38.8 Å². The van der Waals surface area contributed by atoms with Crippen molar-refractivity contribution < 1.29 is 14.3 Å². The van der Waals surface area contributed by atoms with Gasteiger partial charge in [-0.05, 0) is 56.9 Å². The van der Waals surface area contributed by atoms with Crippen molar-refractivity contribution in [3.05, 3.63) is 59.2 Å². The minimum Gasteiger partial charge on any atom is -0.485 e. The van der Waals surface area contributed by atoms with Gasteiger partial charge in [-0.2, -0.15) is 0 Å². The van der Waals surface area contributed by atoms with Crippen LogP contribution in [0.15, 0.2) is 42.5 Å². The summed E-state index contributed by atoms with van der Waals surface area (Å²) in [4.78, 5) is 14.5. The van der Waals surface area contributed by atoms with E-state index >= 15 is 0 Å². The van der Waals surface area contributed by atoms with Crippen LogP contribution < -0.4 is 9.47 Å². The molecule has 0 N–H and O–H groups in total. The molecule has 1 fully saturated rings. The SMILES string of the molecule is CC1(C)Cc2cccc(OCc3ccc(C(=O)N4CCCCC4)cc3)c2O1. The number of rotatable bonds is 4. The van der Waals surface area contributed by atoms with Gasteiger partial charge in [0.05, 0.1) is 0 Å². The van der Waals surface area contributed by atoms with E-state index in [-0.39, 0.29) is 11.5 Å². The fraction of sp³-hybridized carbons (Fsp3) is 0.435. The quantitative estimate of drug-likeness (QED) is 0.794. The van der Waals surface area contributed by atoms with Crippen LogP contribution >= 0.6 is 0 Å². The summed E-state index contributed by atoms with van der Waals surface area (Å²) < 4.78 is 12.1. The van der Waals surface area contributed by atoms with Gasteiger partial charge in [0.15, 0.2) is 11.5 Å². The van der Waals surface area contributed by atoms with Crippen molar-refractivity contribution in [3.8, 4) is 11.5 Å². The van der Waals surface area contributed by atoms with Gasteiger partial charge in [0.2, 0.25) is 0 Å². The van der Waals surface area contributed by atoms with Crippen LogP contribution in [0.1, 0.15) is 54.6 Å². The minimum absolute atomic E-state index is 0.138. The molecule has 2 aliphatic heterocycles. The Kier molecular flexibility index (Phi) is 4.81. The zero-order chi connectivity index (χ0) is 18.9. The third-order valence-electron chi connectivity index (χ3n) is 5.29. The lowest BCUT2D eigenvalue weighted by Gasteiger charge is -2.26. The Labute approximate surface area is 161 Å². The fourth-order valence-electron chi connectivity index (χ4n) is 3.89. The van der Waals surface area contributed by atoms with Gasteiger partial charge in [0.1, 0.15) is 12.2 Å². The number of benzene rings is 2. The number of hydrogen-bond acceptors (Lipinski definition) is 3. The molecule has 2 aromatic carbocycles. The molecule has 0 spiro atoms. The zero-order valence-electron chi connectivity index (χ0n) is 16.2. The van der Waals surface area contributed by atoms with E-state index < -0.39 is 0 Å². The maximum absolute atomic E-state index is 12.6. The van der Waals surface area contributed by atoms with Crippen LogP contribution in [-0.4, -0.2) is 29.5 Å². The summed E-state index contributed by atoms with van der Waals surface area (Å²) in [7, 11) is 0. The second-order valence-electron chi connectivity index (χ2n) is 8.12. The molecule has 2 aromatic rings. The van der Waals surface area contributed by atoms with Crippen LogP contribution in [0.3, 0.4) is 0 Å². The highest BCUT2D eigenvalue weighted by atomic mass is 16.5. The van der Waals surface area contributed by atoms with Crippen LogP contribution in [0, 0.1) is 0 Å². The van der Waals surface area contributed by atoms with Gasteiger partial charge in [-0.1, -0.05) is 24.3 Å². The van der Waals surface area contributed by atoms with E-state index in [9.17, 15) is 4.79 Å². The Morgan fingerprint density at radius 3 is 2.56 bits per heavy atom. The molecule has 0 bridgehead atoms. The Balaban J connectivity index is 1.40. The molecule has 0 saturated carbocycles. The summed E-state index contributed by atoms with van der Waals surface area (Å²) in [6, 6.07) is 13.8. The maximum Gasteiger partial charge on any atom is 0.253 e. The Hall–Kier alpha value is -2.49. The highest BCUT2D eigenvalue weighted by Gasteiger charge is 2.32. The molecule has 1 saturated heterocycles. The number of fused-ring (bicyclic) bond motifs is 1. The van der Waals surface area contributed by atoms with Crippen LogP contribution in [-0.2, 0) is 13.0 Å². The van der Waals surface area contributed by atoms with E-state index in [1.54, 1.807) is 0 Å². The van der Waals surface area contributed by atoms with Crippen molar-refractivity contribution in [2.45, 2.75) is 51.7 Å². The highest BCUT2D eigenvalue weighted by Crippen LogP contribution is 2.41. The molecule has 0 radical (unpaired) electrons. The molecule has 0 aromatic heterocycles. The van der Waals surface area contributed by atoms with Gasteiger partial charge in [-0.25, -0.2) is 0 Å². The Morgan fingerprint density at radius 2 is 1.81 bits per heavy atom. The summed E-state index contributed by atoms with van der Waals surface area (Å²) in [5, 5.41) is 0. The highest BCUT2D eigenvalue weighted by molar-refractivity contribution is 5.94. The molecule has 0 atom stereocenters. The standard InChI is InChI=1S/C23H27NO3/c1-23(2)15-19-7-6-8-20(21(19)27-23)26-16-17-9-11-18(12-10-17)22(25)24-13-4-3-5-14-24/h6-12H,3-5,13-16H2,1-2H3. The Bertz CT molecular complexity index is 820. The monoisotopic (exact) mass is 365 g/mol. The summed E-state index contributed by atoms with van der Waals surface area (Å²) in [5.41, 5.74) is 2.81. The predicted molar refractivity (Wildman–Crippen MR) is 105 cm³/mol. The predicted octanol–water partition coefficient (Wildman–Crippen LogP) is 4.61. The molecule has 2 aliphatic rings. The second-order valence-corrected chi connectivity index (χ2v) is 8.12. The van der Waals surface area contributed by atoms with E-state index in [4.69, 9.17) is 9.47 Å². The first-order chi connectivity index (χ1) is 13.0. The number of nitrogens with zero attached hydrogens (tertiary/aromatic N) is 1. The largest absolute Gasteiger partial charge is 0.485 e. The van der Waals surface area contributed by atoms with Crippen molar-refractivity contribution in [2.24, 2.45) is 0 Å². The Morgan fingerprint density at radius 1 is 1.07 bits per heavy atom. The number of para-hydroxylation sites is 1. The van der Waals surface area contributed by atoms with Gasteiger partial charge >= 0.3 is 0 Å². The number of likely N-dealkylation sites (tertiary alicyclic amines) is 1. The number of ether oxygens (including phenoxy) is 2. The van der Waals surface area contributed by atoms with E-state index in [1.807, 2.05) is 41.3 Å². The van der Waals surface area contributed by atoms with Crippen LogP contribution in [0.5, 0.6) is 11.5 Å². The third-order valence-corrected chi connectivity index (χ3v) is 5.29. The molecule has 27 heavy (non-hydrogen) atoms. The molecule has 0 unspecified atom stereocenters. The normalized spacial score (nSPS) is 17.9. The summed E-state index contributed by atoms with van der Waals surface area (Å²) >= 11 is 0. The molecule has 2 heterocycles. The number of carbonyl (C=O) groups excluding carboxylic acids is 1. The van der Waals surface area contributed by atoms with Crippen molar-refractivity contribution in [3.63, 3.8) is 0 Å². The first-order valence-corrected chi connectivity index (χ1v) is 9.84. The van der Waals surface area contributed by atoms with Gasteiger partial charge < -0.3 is 14.4 Å². The maximum atomic E-state index is 12.6. The van der Waals surface area contributed by atoms with E-state index in [0.717, 1.165) is 55.0 Å². The molecule has 1 amide bonds. The van der Waals surface area contributed by atoms with Crippen LogP contribution in [0.25, 0.3) is 0 Å². The molecule has 142 valence electrons. The van der Waals surface area contributed by atoms with Crippen molar-refractivity contribution in [2.75, 3.05) is 13.1 Å².